The van der Waals surface area contributed by atoms with Crippen LogP contribution in [-0.2, 0) is 7.05 Å². The Morgan fingerprint density at radius 2 is 1.97 bits per heavy atom. The van der Waals surface area contributed by atoms with Crippen molar-refractivity contribution in [2.45, 2.75) is 6.92 Å². The van der Waals surface area contributed by atoms with Gasteiger partial charge in [-0.3, -0.25) is 4.79 Å². The zero-order valence-corrected chi connectivity index (χ0v) is 16.3. The summed E-state index contributed by atoms with van der Waals surface area (Å²) in [4.78, 5) is 20.3. The second kappa shape index (κ2) is 6.64. The van der Waals surface area contributed by atoms with E-state index in [1.807, 2.05) is 50.4 Å². The molecule has 0 atom stereocenters. The summed E-state index contributed by atoms with van der Waals surface area (Å²) in [5.74, 6) is 0. The predicted octanol–water partition coefficient (Wildman–Crippen LogP) is 3.72. The standard InChI is InChI=1S/C23H16N6O/c1-13-15(12-24)4-3-5-16(13)22-17(11-18-21(30)8-9-25-23(18)26-22)14-6-7-19-20(10-14)29(2)28-27-19/h3-11H,1-2H3,(H,25,26,30). The second-order valence-corrected chi connectivity index (χ2v) is 7.13. The third kappa shape index (κ3) is 2.66. The summed E-state index contributed by atoms with van der Waals surface area (Å²) in [7, 11) is 1.84. The minimum Gasteiger partial charge on any atom is -0.346 e. The zero-order valence-electron chi connectivity index (χ0n) is 16.3. The van der Waals surface area contributed by atoms with E-state index < -0.39 is 0 Å². The number of nitrogens with one attached hydrogen (secondary N) is 1. The van der Waals surface area contributed by atoms with Gasteiger partial charge in [-0.25, -0.2) is 9.67 Å². The molecule has 7 nitrogen and oxygen atoms in total. The van der Waals surface area contributed by atoms with Crippen LogP contribution in [-0.4, -0.2) is 25.0 Å². The summed E-state index contributed by atoms with van der Waals surface area (Å²) >= 11 is 0. The van der Waals surface area contributed by atoms with Crippen molar-refractivity contribution in [3.8, 4) is 28.5 Å². The monoisotopic (exact) mass is 392 g/mol. The molecule has 0 amide bonds. The fourth-order valence-electron chi connectivity index (χ4n) is 3.73. The Morgan fingerprint density at radius 1 is 1.10 bits per heavy atom. The van der Waals surface area contributed by atoms with E-state index in [0.29, 0.717) is 22.3 Å². The van der Waals surface area contributed by atoms with Gasteiger partial charge in [-0.2, -0.15) is 5.26 Å². The average Bonchev–Trinajstić information content (AvgIpc) is 3.13. The highest BCUT2D eigenvalue weighted by molar-refractivity contribution is 5.93. The lowest BCUT2D eigenvalue weighted by atomic mass is 9.93. The molecule has 3 aromatic heterocycles. The van der Waals surface area contributed by atoms with Crippen LogP contribution in [0.2, 0.25) is 0 Å². The number of aryl methyl sites for hydroxylation is 1. The number of aromatic nitrogens is 5. The third-order valence-electron chi connectivity index (χ3n) is 5.37. The van der Waals surface area contributed by atoms with Crippen molar-refractivity contribution < 1.29 is 0 Å². The summed E-state index contributed by atoms with van der Waals surface area (Å²) in [6, 6.07) is 17.0. The van der Waals surface area contributed by atoms with Gasteiger partial charge in [-0.05, 0) is 42.3 Å². The Bertz CT molecular complexity index is 1550. The van der Waals surface area contributed by atoms with Gasteiger partial charge in [0, 0.05) is 30.4 Å². The molecule has 5 aromatic rings. The molecule has 0 radical (unpaired) electrons. The number of nitriles is 1. The molecule has 0 aliphatic carbocycles. The normalized spacial score (nSPS) is 11.1. The molecule has 0 unspecified atom stereocenters. The summed E-state index contributed by atoms with van der Waals surface area (Å²) in [5, 5.41) is 18.2. The molecule has 0 aliphatic rings. The van der Waals surface area contributed by atoms with Crippen LogP contribution in [0.1, 0.15) is 11.1 Å². The van der Waals surface area contributed by atoms with Crippen molar-refractivity contribution in [2.75, 3.05) is 0 Å². The van der Waals surface area contributed by atoms with Crippen molar-refractivity contribution in [3.05, 3.63) is 76.1 Å². The first-order valence-electron chi connectivity index (χ1n) is 9.39. The first-order chi connectivity index (χ1) is 14.6. The van der Waals surface area contributed by atoms with Crippen LogP contribution in [0, 0.1) is 18.3 Å². The van der Waals surface area contributed by atoms with Crippen molar-refractivity contribution in [2.24, 2.45) is 7.05 Å². The second-order valence-electron chi connectivity index (χ2n) is 7.13. The van der Waals surface area contributed by atoms with E-state index in [2.05, 4.69) is 21.4 Å². The number of benzene rings is 2. The van der Waals surface area contributed by atoms with E-state index in [0.717, 1.165) is 33.3 Å². The number of hydrogen-bond donors (Lipinski definition) is 1. The van der Waals surface area contributed by atoms with Crippen LogP contribution >= 0.6 is 0 Å². The molecule has 0 saturated heterocycles. The topological polar surface area (TPSA) is 100 Å². The number of aromatic amines is 1. The number of pyridine rings is 2. The Morgan fingerprint density at radius 3 is 2.80 bits per heavy atom. The van der Waals surface area contributed by atoms with Gasteiger partial charge in [0.25, 0.3) is 0 Å². The highest BCUT2D eigenvalue weighted by atomic mass is 16.1. The summed E-state index contributed by atoms with van der Waals surface area (Å²) in [5.41, 5.74) is 6.75. The van der Waals surface area contributed by atoms with Crippen LogP contribution in [0.3, 0.4) is 0 Å². The molecule has 0 fully saturated rings. The minimum atomic E-state index is -0.102. The van der Waals surface area contributed by atoms with E-state index in [1.165, 1.54) is 6.07 Å². The molecule has 30 heavy (non-hydrogen) atoms. The van der Waals surface area contributed by atoms with Gasteiger partial charge in [-0.1, -0.05) is 23.4 Å². The van der Waals surface area contributed by atoms with E-state index in [1.54, 1.807) is 16.9 Å². The van der Waals surface area contributed by atoms with Crippen LogP contribution in [0.25, 0.3) is 44.5 Å². The van der Waals surface area contributed by atoms with Gasteiger partial charge in [0.2, 0.25) is 0 Å². The lowest BCUT2D eigenvalue weighted by Crippen LogP contribution is -2.04. The molecule has 0 spiro atoms. The van der Waals surface area contributed by atoms with Crippen LogP contribution in [0.4, 0.5) is 0 Å². The maximum atomic E-state index is 12.5. The number of H-pyrrole nitrogens is 1. The van der Waals surface area contributed by atoms with Gasteiger partial charge in [0.1, 0.15) is 11.2 Å². The average molecular weight is 392 g/mol. The summed E-state index contributed by atoms with van der Waals surface area (Å²) in [6.07, 6.45) is 1.59. The molecule has 3 heterocycles. The van der Waals surface area contributed by atoms with Gasteiger partial charge in [0.05, 0.1) is 28.2 Å². The SMILES string of the molecule is Cc1c(C#N)cccc1-c1nc2[nH]ccc(=O)c2cc1-c1ccc2nnn(C)c2c1. The smallest absolute Gasteiger partial charge is 0.191 e. The number of nitrogens with zero attached hydrogens (tertiary/aromatic N) is 5. The third-order valence-corrected chi connectivity index (χ3v) is 5.37. The quantitative estimate of drug-likeness (QED) is 0.493. The molecule has 0 saturated carbocycles. The first-order valence-corrected chi connectivity index (χ1v) is 9.39. The van der Waals surface area contributed by atoms with Gasteiger partial charge >= 0.3 is 0 Å². The van der Waals surface area contributed by atoms with Gasteiger partial charge < -0.3 is 4.98 Å². The molecule has 0 bridgehead atoms. The van der Waals surface area contributed by atoms with Gasteiger partial charge in [0.15, 0.2) is 5.43 Å². The van der Waals surface area contributed by atoms with Crippen molar-refractivity contribution >= 4 is 22.1 Å². The zero-order chi connectivity index (χ0) is 20.8. The van der Waals surface area contributed by atoms with E-state index >= 15 is 0 Å². The molecular formula is C23H16N6O. The predicted molar refractivity (Wildman–Crippen MR) is 115 cm³/mol. The van der Waals surface area contributed by atoms with Crippen molar-refractivity contribution in [3.63, 3.8) is 0 Å². The fraction of sp³-hybridized carbons (Fsp3) is 0.0870. The Kier molecular flexibility index (Phi) is 3.93. The van der Waals surface area contributed by atoms with Crippen LogP contribution in [0.15, 0.2) is 59.5 Å². The lowest BCUT2D eigenvalue weighted by Gasteiger charge is -2.14. The van der Waals surface area contributed by atoms with E-state index in [-0.39, 0.29) is 5.43 Å². The Hall–Kier alpha value is -4.31. The number of hydrogen-bond acceptors (Lipinski definition) is 5. The molecule has 7 heteroatoms. The summed E-state index contributed by atoms with van der Waals surface area (Å²) < 4.78 is 1.71. The fourth-order valence-corrected chi connectivity index (χ4v) is 3.73. The van der Waals surface area contributed by atoms with Crippen molar-refractivity contribution in [1.29, 1.82) is 5.26 Å². The minimum absolute atomic E-state index is 0.102. The highest BCUT2D eigenvalue weighted by Crippen LogP contribution is 2.35. The first kappa shape index (κ1) is 17.8. The molecule has 1 N–H and O–H groups in total. The van der Waals surface area contributed by atoms with E-state index in [9.17, 15) is 10.1 Å². The molecule has 0 aliphatic heterocycles. The summed E-state index contributed by atoms with van der Waals surface area (Å²) in [6.45, 7) is 1.91. The maximum absolute atomic E-state index is 12.5. The highest BCUT2D eigenvalue weighted by Gasteiger charge is 2.17. The Balaban J connectivity index is 1.89. The lowest BCUT2D eigenvalue weighted by molar-refractivity contribution is 0.736. The molecule has 144 valence electrons. The molecule has 5 rings (SSSR count). The molecule has 2 aromatic carbocycles. The maximum Gasteiger partial charge on any atom is 0.191 e. The van der Waals surface area contributed by atoms with Crippen molar-refractivity contribution in [1.82, 2.24) is 25.0 Å². The molecular weight excluding hydrogens is 376 g/mol. The van der Waals surface area contributed by atoms with Crippen LogP contribution in [0.5, 0.6) is 0 Å². The Labute approximate surface area is 171 Å². The van der Waals surface area contributed by atoms with Gasteiger partial charge in [-0.15, -0.1) is 5.10 Å². The number of fused-ring (bicyclic) bond motifs is 2. The largest absolute Gasteiger partial charge is 0.346 e. The van der Waals surface area contributed by atoms with E-state index in [4.69, 9.17) is 4.98 Å². The number of rotatable bonds is 2. The van der Waals surface area contributed by atoms with Crippen LogP contribution < -0.4 is 5.43 Å².